The molecular weight excluding hydrogens is 282 g/mol. The van der Waals surface area contributed by atoms with Crippen molar-refractivity contribution in [3.8, 4) is 0 Å². The first kappa shape index (κ1) is 14.6. The average Bonchev–Trinajstić information content (AvgIpc) is 2.91. The zero-order valence-electron chi connectivity index (χ0n) is 12.8. The van der Waals surface area contributed by atoms with Gasteiger partial charge in [0, 0.05) is 32.7 Å². The number of carbonyl (C=O) groups excluding carboxylic acids is 1. The molecule has 0 atom stereocenters. The molecule has 0 spiro atoms. The molecule has 2 aliphatic heterocycles. The number of morpholine rings is 1. The molecule has 1 fully saturated rings. The summed E-state index contributed by atoms with van der Waals surface area (Å²) >= 11 is 0. The standard InChI is InChI=1S/C16H19N3O3/c1-18(2)15(19-8-10-21-11-9-19)13-16(20)22-14(17-13)12-6-4-3-5-7-12/h3-7H,8-11H2,1-2H3/b15-13+. The van der Waals surface area contributed by atoms with Gasteiger partial charge in [-0.2, -0.15) is 0 Å². The van der Waals surface area contributed by atoms with Crippen LogP contribution in [-0.4, -0.2) is 62.1 Å². The number of esters is 1. The van der Waals surface area contributed by atoms with Crippen molar-refractivity contribution in [3.05, 3.63) is 47.4 Å². The summed E-state index contributed by atoms with van der Waals surface area (Å²) in [5.74, 6) is 0.724. The smallest absolute Gasteiger partial charge is 0.367 e. The van der Waals surface area contributed by atoms with Crippen molar-refractivity contribution in [2.24, 2.45) is 4.99 Å². The summed E-state index contributed by atoms with van der Waals surface area (Å²) in [5, 5.41) is 0. The summed E-state index contributed by atoms with van der Waals surface area (Å²) in [5.41, 5.74) is 1.15. The Kier molecular flexibility index (Phi) is 4.11. The van der Waals surface area contributed by atoms with Crippen LogP contribution in [0.25, 0.3) is 0 Å². The van der Waals surface area contributed by atoms with Crippen LogP contribution in [0.3, 0.4) is 0 Å². The largest absolute Gasteiger partial charge is 0.402 e. The van der Waals surface area contributed by atoms with Gasteiger partial charge in [-0.15, -0.1) is 0 Å². The van der Waals surface area contributed by atoms with E-state index in [1.807, 2.05) is 49.3 Å². The Morgan fingerprint density at radius 3 is 2.50 bits per heavy atom. The Hall–Kier alpha value is -2.34. The summed E-state index contributed by atoms with van der Waals surface area (Å²) in [7, 11) is 3.81. The highest BCUT2D eigenvalue weighted by atomic mass is 16.6. The van der Waals surface area contributed by atoms with Crippen molar-refractivity contribution in [3.63, 3.8) is 0 Å². The van der Waals surface area contributed by atoms with E-state index in [4.69, 9.17) is 9.47 Å². The molecule has 0 unspecified atom stereocenters. The van der Waals surface area contributed by atoms with E-state index in [2.05, 4.69) is 9.89 Å². The molecule has 0 N–H and O–H groups in total. The first-order valence-corrected chi connectivity index (χ1v) is 7.27. The average molecular weight is 301 g/mol. The Balaban J connectivity index is 1.98. The maximum absolute atomic E-state index is 12.3. The van der Waals surface area contributed by atoms with Crippen LogP contribution in [0.1, 0.15) is 5.56 Å². The predicted molar refractivity (Wildman–Crippen MR) is 82.2 cm³/mol. The van der Waals surface area contributed by atoms with Crippen LogP contribution >= 0.6 is 0 Å². The van der Waals surface area contributed by atoms with E-state index >= 15 is 0 Å². The van der Waals surface area contributed by atoms with Gasteiger partial charge in [-0.1, -0.05) is 18.2 Å². The number of carbonyl (C=O) groups is 1. The van der Waals surface area contributed by atoms with Crippen LogP contribution < -0.4 is 0 Å². The fourth-order valence-electron chi connectivity index (χ4n) is 2.57. The molecule has 2 heterocycles. The highest BCUT2D eigenvalue weighted by Gasteiger charge is 2.31. The van der Waals surface area contributed by atoms with Gasteiger partial charge in [-0.25, -0.2) is 9.79 Å². The number of ether oxygens (including phenoxy) is 2. The zero-order valence-corrected chi connectivity index (χ0v) is 12.8. The molecule has 116 valence electrons. The van der Waals surface area contributed by atoms with Crippen molar-refractivity contribution in [2.45, 2.75) is 0 Å². The van der Waals surface area contributed by atoms with Gasteiger partial charge in [0.1, 0.15) is 5.82 Å². The first-order chi connectivity index (χ1) is 10.7. The topological polar surface area (TPSA) is 54.4 Å². The fraction of sp³-hybridized carbons (Fsp3) is 0.375. The normalized spacial score (nSPS) is 20.5. The lowest BCUT2D eigenvalue weighted by atomic mass is 10.2. The lowest BCUT2D eigenvalue weighted by Crippen LogP contribution is -2.41. The van der Waals surface area contributed by atoms with E-state index in [0.29, 0.717) is 24.8 Å². The second kappa shape index (κ2) is 6.19. The van der Waals surface area contributed by atoms with Crippen molar-refractivity contribution in [1.29, 1.82) is 0 Å². The number of benzene rings is 1. The molecule has 0 radical (unpaired) electrons. The van der Waals surface area contributed by atoms with Crippen LogP contribution in [0.2, 0.25) is 0 Å². The van der Waals surface area contributed by atoms with Crippen LogP contribution in [0.5, 0.6) is 0 Å². The Morgan fingerprint density at radius 1 is 1.18 bits per heavy atom. The van der Waals surface area contributed by atoms with Gasteiger partial charge >= 0.3 is 5.97 Å². The molecule has 22 heavy (non-hydrogen) atoms. The van der Waals surface area contributed by atoms with E-state index in [1.165, 1.54) is 0 Å². The van der Waals surface area contributed by atoms with Crippen LogP contribution in [-0.2, 0) is 14.3 Å². The highest BCUT2D eigenvalue weighted by molar-refractivity contribution is 6.11. The summed E-state index contributed by atoms with van der Waals surface area (Å²) in [6, 6.07) is 9.44. The number of hydrogen-bond donors (Lipinski definition) is 0. The molecule has 1 saturated heterocycles. The van der Waals surface area contributed by atoms with Crippen molar-refractivity contribution in [2.75, 3.05) is 40.4 Å². The monoisotopic (exact) mass is 301 g/mol. The van der Waals surface area contributed by atoms with Gasteiger partial charge < -0.3 is 19.3 Å². The van der Waals surface area contributed by atoms with E-state index in [-0.39, 0.29) is 0 Å². The van der Waals surface area contributed by atoms with Crippen LogP contribution in [0.15, 0.2) is 46.8 Å². The first-order valence-electron chi connectivity index (χ1n) is 7.27. The van der Waals surface area contributed by atoms with Crippen LogP contribution in [0, 0.1) is 0 Å². The summed E-state index contributed by atoms with van der Waals surface area (Å²) in [4.78, 5) is 20.7. The number of rotatable bonds is 3. The quantitative estimate of drug-likeness (QED) is 0.617. The molecule has 0 aliphatic carbocycles. The Labute approximate surface area is 129 Å². The zero-order chi connectivity index (χ0) is 15.5. The third kappa shape index (κ3) is 2.82. The van der Waals surface area contributed by atoms with Crippen molar-refractivity contribution in [1.82, 2.24) is 9.80 Å². The molecular formula is C16H19N3O3. The molecule has 1 aromatic rings. The van der Waals surface area contributed by atoms with Gasteiger partial charge in [0.15, 0.2) is 5.70 Å². The fourth-order valence-corrected chi connectivity index (χ4v) is 2.57. The number of nitrogens with zero attached hydrogens (tertiary/aromatic N) is 3. The molecule has 0 amide bonds. The van der Waals surface area contributed by atoms with Crippen molar-refractivity contribution >= 4 is 11.9 Å². The number of cyclic esters (lactones) is 1. The SMILES string of the molecule is CN(C)/C(=C1\N=C(c2ccccc2)OC1=O)N1CCOCC1. The van der Waals surface area contributed by atoms with Crippen LogP contribution in [0.4, 0.5) is 0 Å². The Bertz CT molecular complexity index is 617. The van der Waals surface area contributed by atoms with E-state index in [0.717, 1.165) is 24.5 Å². The lowest BCUT2D eigenvalue weighted by molar-refractivity contribution is -0.130. The summed E-state index contributed by atoms with van der Waals surface area (Å²) in [6.07, 6.45) is 0. The number of aliphatic imine (C=N–C) groups is 1. The maximum atomic E-state index is 12.3. The van der Waals surface area contributed by atoms with E-state index < -0.39 is 5.97 Å². The molecule has 2 aliphatic rings. The van der Waals surface area contributed by atoms with E-state index in [1.54, 1.807) is 0 Å². The summed E-state index contributed by atoms with van der Waals surface area (Å²) in [6.45, 7) is 2.77. The number of hydrogen-bond acceptors (Lipinski definition) is 6. The third-order valence-corrected chi connectivity index (χ3v) is 3.56. The highest BCUT2D eigenvalue weighted by Crippen LogP contribution is 2.23. The molecule has 1 aromatic carbocycles. The lowest BCUT2D eigenvalue weighted by Gasteiger charge is -2.34. The minimum Gasteiger partial charge on any atom is -0.402 e. The van der Waals surface area contributed by atoms with Gasteiger partial charge in [0.2, 0.25) is 5.90 Å². The van der Waals surface area contributed by atoms with E-state index in [9.17, 15) is 4.79 Å². The molecule has 0 saturated carbocycles. The molecule has 0 aromatic heterocycles. The molecule has 0 bridgehead atoms. The maximum Gasteiger partial charge on any atom is 0.367 e. The van der Waals surface area contributed by atoms with Gasteiger partial charge in [0.25, 0.3) is 0 Å². The second-order valence-corrected chi connectivity index (χ2v) is 5.34. The summed E-state index contributed by atoms with van der Waals surface area (Å²) < 4.78 is 10.7. The van der Waals surface area contributed by atoms with Crippen molar-refractivity contribution < 1.29 is 14.3 Å². The molecule has 6 heteroatoms. The van der Waals surface area contributed by atoms with Gasteiger partial charge in [-0.05, 0) is 12.1 Å². The van der Waals surface area contributed by atoms with Gasteiger partial charge in [0.05, 0.1) is 13.2 Å². The van der Waals surface area contributed by atoms with Gasteiger partial charge in [-0.3, -0.25) is 0 Å². The molecule has 6 nitrogen and oxygen atoms in total. The predicted octanol–water partition coefficient (Wildman–Crippen LogP) is 1.05. The minimum absolute atomic E-state index is 0.353. The molecule has 3 rings (SSSR count). The Morgan fingerprint density at radius 2 is 1.86 bits per heavy atom. The minimum atomic E-state index is -0.408. The third-order valence-electron chi connectivity index (χ3n) is 3.56. The second-order valence-electron chi connectivity index (χ2n) is 5.34.